The molecule has 4 rings (SSSR count). The van der Waals surface area contributed by atoms with E-state index in [2.05, 4.69) is 25.9 Å². The van der Waals surface area contributed by atoms with Gasteiger partial charge in [-0.1, -0.05) is 18.2 Å². The van der Waals surface area contributed by atoms with Crippen molar-refractivity contribution < 1.29 is 4.79 Å². The first-order valence-corrected chi connectivity index (χ1v) is 8.43. The summed E-state index contributed by atoms with van der Waals surface area (Å²) in [6, 6.07) is 17.0. The summed E-state index contributed by atoms with van der Waals surface area (Å²) in [5, 5.41) is 18.1. The molecule has 0 radical (unpaired) electrons. The van der Waals surface area contributed by atoms with Crippen molar-refractivity contribution in [1.29, 1.82) is 0 Å². The van der Waals surface area contributed by atoms with Crippen molar-refractivity contribution in [3.8, 4) is 11.4 Å². The maximum atomic E-state index is 12.6. The molecule has 0 spiro atoms. The molecule has 1 amide bonds. The summed E-state index contributed by atoms with van der Waals surface area (Å²) in [7, 11) is 0. The highest BCUT2D eigenvalue weighted by atomic mass is 16.2. The minimum absolute atomic E-state index is 0.130. The minimum Gasteiger partial charge on any atom is -0.321 e. The van der Waals surface area contributed by atoms with Gasteiger partial charge in [-0.25, -0.2) is 4.68 Å². The summed E-state index contributed by atoms with van der Waals surface area (Å²) in [4.78, 5) is 24.7. The monoisotopic (exact) mass is 373 g/mol. The molecule has 138 valence electrons. The topological polar surface area (TPSA) is 108 Å². The second-order valence-electron chi connectivity index (χ2n) is 6.01. The van der Waals surface area contributed by atoms with Crippen LogP contribution in [-0.4, -0.2) is 35.9 Å². The predicted molar refractivity (Wildman–Crippen MR) is 102 cm³/mol. The fourth-order valence-electron chi connectivity index (χ4n) is 2.74. The van der Waals surface area contributed by atoms with Crippen molar-refractivity contribution in [2.75, 3.05) is 5.32 Å². The minimum atomic E-state index is -0.417. The molecule has 1 N–H and O–H groups in total. The Kier molecular flexibility index (Phi) is 4.47. The van der Waals surface area contributed by atoms with E-state index in [9.17, 15) is 9.59 Å². The molecule has 0 unspecified atom stereocenters. The second kappa shape index (κ2) is 7.23. The van der Waals surface area contributed by atoms with Gasteiger partial charge in [-0.15, -0.1) is 5.10 Å². The van der Waals surface area contributed by atoms with Crippen LogP contribution in [0.3, 0.4) is 0 Å². The SMILES string of the molecule is Cc1cc(NC(=O)c2ccc(=O)n(-c3ccccc3)n2)ccc1-n1cnnn1. The molecule has 2 aromatic heterocycles. The largest absolute Gasteiger partial charge is 0.321 e. The van der Waals surface area contributed by atoms with Gasteiger partial charge < -0.3 is 5.32 Å². The van der Waals surface area contributed by atoms with Gasteiger partial charge in [0.1, 0.15) is 12.0 Å². The number of carbonyl (C=O) groups is 1. The van der Waals surface area contributed by atoms with E-state index in [1.807, 2.05) is 19.1 Å². The van der Waals surface area contributed by atoms with Gasteiger partial charge in [-0.3, -0.25) is 9.59 Å². The van der Waals surface area contributed by atoms with E-state index in [1.54, 1.807) is 36.4 Å². The Morgan fingerprint density at radius 2 is 1.86 bits per heavy atom. The number of rotatable bonds is 4. The number of aromatic nitrogens is 6. The number of hydrogen-bond donors (Lipinski definition) is 1. The number of amides is 1. The number of para-hydroxylation sites is 1. The number of benzene rings is 2. The van der Waals surface area contributed by atoms with Gasteiger partial charge in [0.25, 0.3) is 11.5 Å². The van der Waals surface area contributed by atoms with E-state index < -0.39 is 5.91 Å². The first-order chi connectivity index (χ1) is 13.6. The Labute approximate surface area is 159 Å². The van der Waals surface area contributed by atoms with Gasteiger partial charge >= 0.3 is 0 Å². The van der Waals surface area contributed by atoms with E-state index in [0.717, 1.165) is 11.3 Å². The summed E-state index contributed by atoms with van der Waals surface area (Å²) in [6.07, 6.45) is 1.50. The molecule has 0 aliphatic rings. The Balaban J connectivity index is 1.59. The van der Waals surface area contributed by atoms with Crippen LogP contribution in [-0.2, 0) is 0 Å². The highest BCUT2D eigenvalue weighted by Gasteiger charge is 2.12. The zero-order chi connectivity index (χ0) is 19.5. The van der Waals surface area contributed by atoms with Gasteiger partial charge in [-0.2, -0.15) is 9.78 Å². The number of nitrogens with zero attached hydrogens (tertiary/aromatic N) is 6. The molecule has 9 nitrogen and oxygen atoms in total. The molecule has 0 bridgehead atoms. The van der Waals surface area contributed by atoms with Crippen LogP contribution in [0.1, 0.15) is 16.1 Å². The Morgan fingerprint density at radius 3 is 2.57 bits per heavy atom. The maximum absolute atomic E-state index is 12.6. The average molecular weight is 373 g/mol. The molecule has 4 aromatic rings. The van der Waals surface area contributed by atoms with Crippen molar-refractivity contribution in [2.45, 2.75) is 6.92 Å². The third-order valence-corrected chi connectivity index (χ3v) is 4.08. The highest BCUT2D eigenvalue weighted by molar-refractivity contribution is 6.02. The molecule has 2 aromatic carbocycles. The molecule has 28 heavy (non-hydrogen) atoms. The molecule has 0 saturated carbocycles. The van der Waals surface area contributed by atoms with E-state index in [-0.39, 0.29) is 11.3 Å². The smallest absolute Gasteiger partial charge is 0.276 e. The third-order valence-electron chi connectivity index (χ3n) is 4.08. The van der Waals surface area contributed by atoms with Crippen LogP contribution in [0.25, 0.3) is 11.4 Å². The number of hydrogen-bond acceptors (Lipinski definition) is 6. The number of anilines is 1. The quantitative estimate of drug-likeness (QED) is 0.584. The molecule has 0 saturated heterocycles. The molecule has 0 atom stereocenters. The molecular weight excluding hydrogens is 358 g/mol. The molecular formula is C19H15N7O2. The maximum Gasteiger partial charge on any atom is 0.276 e. The lowest BCUT2D eigenvalue weighted by molar-refractivity contribution is 0.102. The van der Waals surface area contributed by atoms with Crippen LogP contribution in [0.15, 0.2) is 71.8 Å². The first kappa shape index (κ1) is 17.3. The van der Waals surface area contributed by atoms with E-state index >= 15 is 0 Å². The van der Waals surface area contributed by atoms with E-state index in [0.29, 0.717) is 11.4 Å². The van der Waals surface area contributed by atoms with Crippen LogP contribution < -0.4 is 10.9 Å². The summed E-state index contributed by atoms with van der Waals surface area (Å²) >= 11 is 0. The molecule has 9 heteroatoms. The van der Waals surface area contributed by atoms with Crippen LogP contribution in [0, 0.1) is 6.92 Å². The number of tetrazole rings is 1. The van der Waals surface area contributed by atoms with Crippen LogP contribution in [0.2, 0.25) is 0 Å². The lowest BCUT2D eigenvalue weighted by Crippen LogP contribution is -2.24. The van der Waals surface area contributed by atoms with Crippen molar-refractivity contribution in [2.24, 2.45) is 0 Å². The molecule has 0 fully saturated rings. The van der Waals surface area contributed by atoms with Crippen LogP contribution in [0.5, 0.6) is 0 Å². The van der Waals surface area contributed by atoms with Gasteiger partial charge in [0.2, 0.25) is 0 Å². The Hall–Kier alpha value is -4.14. The summed E-state index contributed by atoms with van der Waals surface area (Å²) < 4.78 is 2.74. The Morgan fingerprint density at radius 1 is 1.04 bits per heavy atom. The highest BCUT2D eigenvalue weighted by Crippen LogP contribution is 2.18. The van der Waals surface area contributed by atoms with E-state index in [1.165, 1.54) is 27.8 Å². The summed E-state index contributed by atoms with van der Waals surface area (Å²) in [5.41, 5.74) is 2.68. The average Bonchev–Trinajstić information content (AvgIpc) is 3.23. The lowest BCUT2D eigenvalue weighted by Gasteiger charge is -2.10. The second-order valence-corrected chi connectivity index (χ2v) is 6.01. The molecule has 0 aliphatic heterocycles. The van der Waals surface area contributed by atoms with Crippen LogP contribution >= 0.6 is 0 Å². The zero-order valence-corrected chi connectivity index (χ0v) is 14.9. The predicted octanol–water partition coefficient (Wildman–Crippen LogP) is 1.77. The normalized spacial score (nSPS) is 10.6. The van der Waals surface area contributed by atoms with Crippen LogP contribution in [0.4, 0.5) is 5.69 Å². The van der Waals surface area contributed by atoms with Gasteiger partial charge in [0, 0.05) is 11.8 Å². The Bertz CT molecular complexity index is 1180. The standard InChI is InChI=1S/C19H15N7O2/c1-13-11-14(7-9-17(13)25-12-20-23-24-25)21-19(28)16-8-10-18(27)26(22-16)15-5-3-2-4-6-15/h2-12H,1H3,(H,21,28). The summed E-state index contributed by atoms with van der Waals surface area (Å²) in [5.74, 6) is -0.417. The van der Waals surface area contributed by atoms with Crippen molar-refractivity contribution in [3.05, 3.63) is 88.6 Å². The van der Waals surface area contributed by atoms with Crippen molar-refractivity contribution in [1.82, 2.24) is 30.0 Å². The van der Waals surface area contributed by atoms with Gasteiger partial charge in [0.05, 0.1) is 11.4 Å². The van der Waals surface area contributed by atoms with Crippen molar-refractivity contribution in [3.63, 3.8) is 0 Å². The molecule has 0 aliphatic carbocycles. The third kappa shape index (κ3) is 3.40. The first-order valence-electron chi connectivity index (χ1n) is 8.43. The lowest BCUT2D eigenvalue weighted by atomic mass is 10.1. The number of aryl methyl sites for hydroxylation is 1. The number of carbonyl (C=O) groups excluding carboxylic acids is 1. The molecule has 2 heterocycles. The zero-order valence-electron chi connectivity index (χ0n) is 14.9. The fraction of sp³-hybridized carbons (Fsp3) is 0.0526. The van der Waals surface area contributed by atoms with E-state index in [4.69, 9.17) is 0 Å². The van der Waals surface area contributed by atoms with Gasteiger partial charge in [0.15, 0.2) is 0 Å². The number of nitrogens with one attached hydrogen (secondary N) is 1. The summed E-state index contributed by atoms with van der Waals surface area (Å²) in [6.45, 7) is 1.89. The van der Waals surface area contributed by atoms with Gasteiger partial charge in [-0.05, 0) is 59.3 Å². The fourth-order valence-corrected chi connectivity index (χ4v) is 2.74. The van der Waals surface area contributed by atoms with Crippen molar-refractivity contribution >= 4 is 11.6 Å².